The van der Waals surface area contributed by atoms with Crippen LogP contribution in [0.4, 0.5) is 0 Å². The highest BCUT2D eigenvalue weighted by molar-refractivity contribution is 7.92. The van der Waals surface area contributed by atoms with Gasteiger partial charge < -0.3 is 15.5 Å². The molecule has 0 saturated carbocycles. The number of nitrogens with one attached hydrogen (secondary N) is 2. The van der Waals surface area contributed by atoms with E-state index in [2.05, 4.69) is 27.4 Å². The molecule has 0 spiro atoms. The van der Waals surface area contributed by atoms with Crippen molar-refractivity contribution in [3.05, 3.63) is 0 Å². The van der Waals surface area contributed by atoms with Crippen LogP contribution in [0.5, 0.6) is 0 Å². The third-order valence-electron chi connectivity index (χ3n) is 4.79. The van der Waals surface area contributed by atoms with Gasteiger partial charge in [-0.25, -0.2) is 8.42 Å². The van der Waals surface area contributed by atoms with E-state index in [1.54, 1.807) is 13.8 Å². The van der Waals surface area contributed by atoms with Gasteiger partial charge in [-0.15, -0.1) is 0 Å². The maximum Gasteiger partial charge on any atom is 0.191 e. The molecule has 0 aromatic heterocycles. The normalized spacial score (nSPS) is 18.6. The van der Waals surface area contributed by atoms with E-state index >= 15 is 0 Å². The molecule has 1 aliphatic heterocycles. The van der Waals surface area contributed by atoms with Crippen LogP contribution in [0.2, 0.25) is 0 Å². The van der Waals surface area contributed by atoms with Gasteiger partial charge in [0.15, 0.2) is 15.8 Å². The van der Waals surface area contributed by atoms with Gasteiger partial charge in [0.25, 0.3) is 0 Å². The molecule has 24 heavy (non-hydrogen) atoms. The van der Waals surface area contributed by atoms with Gasteiger partial charge >= 0.3 is 0 Å². The Morgan fingerprint density at radius 3 is 2.42 bits per heavy atom. The number of sulfone groups is 1. The number of hydrogen-bond donors (Lipinski definition) is 2. The Kier molecular flexibility index (Phi) is 8.50. The predicted octanol–water partition coefficient (Wildman–Crippen LogP) is 1.49. The zero-order valence-corrected chi connectivity index (χ0v) is 16.9. The first-order chi connectivity index (χ1) is 11.2. The highest BCUT2D eigenvalue weighted by Crippen LogP contribution is 2.16. The molecular formula is C17H36N4O2S. The van der Waals surface area contributed by atoms with E-state index < -0.39 is 14.6 Å². The molecule has 1 fully saturated rings. The molecular weight excluding hydrogens is 324 g/mol. The Labute approximate surface area is 148 Å². The minimum Gasteiger partial charge on any atom is -0.357 e. The van der Waals surface area contributed by atoms with Crippen LogP contribution in [-0.4, -0.2) is 69.5 Å². The number of aliphatic imine (C=N–C) groups is 1. The molecule has 0 aromatic carbocycles. The summed E-state index contributed by atoms with van der Waals surface area (Å²) < 4.78 is 22.7. The van der Waals surface area contributed by atoms with Crippen LogP contribution in [0.25, 0.3) is 0 Å². The quantitative estimate of drug-likeness (QED) is 0.390. The summed E-state index contributed by atoms with van der Waals surface area (Å²) in [6.07, 6.45) is 4.94. The smallest absolute Gasteiger partial charge is 0.191 e. The van der Waals surface area contributed by atoms with Crippen molar-refractivity contribution in [2.75, 3.05) is 45.5 Å². The molecule has 142 valence electrons. The van der Waals surface area contributed by atoms with Gasteiger partial charge in [0.1, 0.15) is 0 Å². The summed E-state index contributed by atoms with van der Waals surface area (Å²) in [6.45, 7) is 13.1. The van der Waals surface area contributed by atoms with Gasteiger partial charge in [-0.3, -0.25) is 4.99 Å². The summed E-state index contributed by atoms with van der Waals surface area (Å²) in [5.41, 5.74) is 0. The monoisotopic (exact) mass is 360 g/mol. The van der Waals surface area contributed by atoms with Crippen molar-refractivity contribution in [2.45, 2.75) is 51.7 Å². The summed E-state index contributed by atoms with van der Waals surface area (Å²) in [6, 6.07) is 0. The minimum atomic E-state index is -3.13. The predicted molar refractivity (Wildman–Crippen MR) is 102 cm³/mol. The summed E-state index contributed by atoms with van der Waals surface area (Å²) in [5, 5.41) is 6.49. The van der Waals surface area contributed by atoms with E-state index in [4.69, 9.17) is 0 Å². The molecule has 1 heterocycles. The van der Waals surface area contributed by atoms with E-state index in [9.17, 15) is 8.42 Å². The van der Waals surface area contributed by atoms with Crippen LogP contribution < -0.4 is 10.6 Å². The van der Waals surface area contributed by atoms with Crippen LogP contribution >= 0.6 is 0 Å². The zero-order chi connectivity index (χ0) is 18.2. The molecule has 0 aromatic rings. The summed E-state index contributed by atoms with van der Waals surface area (Å²) in [4.78, 5) is 6.97. The molecule has 1 rings (SSSR count). The Bertz CT molecular complexity index is 495. The fraction of sp³-hybridized carbons (Fsp3) is 0.941. The van der Waals surface area contributed by atoms with Gasteiger partial charge in [0, 0.05) is 19.3 Å². The van der Waals surface area contributed by atoms with E-state index in [1.165, 1.54) is 32.2 Å². The molecule has 1 aliphatic rings. The topological polar surface area (TPSA) is 73.8 Å². The Hall–Kier alpha value is -0.820. The number of rotatable bonds is 8. The van der Waals surface area contributed by atoms with E-state index in [0.29, 0.717) is 5.96 Å². The largest absolute Gasteiger partial charge is 0.357 e. The Balaban J connectivity index is 2.39. The zero-order valence-electron chi connectivity index (χ0n) is 16.1. The number of likely N-dealkylation sites (tertiary alicyclic amines) is 1. The molecule has 6 nitrogen and oxygen atoms in total. The van der Waals surface area contributed by atoms with Crippen molar-refractivity contribution in [3.8, 4) is 0 Å². The number of hydrogen-bond acceptors (Lipinski definition) is 4. The van der Waals surface area contributed by atoms with Crippen LogP contribution in [-0.2, 0) is 9.84 Å². The first kappa shape index (κ1) is 21.2. The molecule has 2 N–H and O–H groups in total. The van der Waals surface area contributed by atoms with Crippen LogP contribution in [0.3, 0.4) is 0 Å². The van der Waals surface area contributed by atoms with Crippen LogP contribution in [0.15, 0.2) is 4.99 Å². The van der Waals surface area contributed by atoms with Crippen molar-refractivity contribution in [3.63, 3.8) is 0 Å². The molecule has 0 amide bonds. The Morgan fingerprint density at radius 1 is 1.25 bits per heavy atom. The average Bonchev–Trinajstić information content (AvgIpc) is 2.49. The van der Waals surface area contributed by atoms with Crippen LogP contribution in [0.1, 0.15) is 47.0 Å². The summed E-state index contributed by atoms with van der Waals surface area (Å²) in [5.74, 6) is 1.56. The van der Waals surface area contributed by atoms with Crippen LogP contribution in [0, 0.1) is 5.92 Å². The lowest BCUT2D eigenvalue weighted by Crippen LogP contribution is -2.41. The molecule has 0 aliphatic carbocycles. The van der Waals surface area contributed by atoms with E-state index in [1.807, 2.05) is 6.92 Å². The third kappa shape index (κ3) is 7.38. The molecule has 0 unspecified atom stereocenters. The second-order valence-electron chi connectivity index (χ2n) is 7.53. The lowest BCUT2D eigenvalue weighted by atomic mass is 9.99. The number of nitrogens with zero attached hydrogens (tertiary/aromatic N) is 2. The molecule has 0 bridgehead atoms. The van der Waals surface area contributed by atoms with Crippen molar-refractivity contribution in [2.24, 2.45) is 10.9 Å². The number of piperidine rings is 1. The lowest BCUT2D eigenvalue weighted by Gasteiger charge is -2.30. The number of guanidine groups is 1. The summed E-state index contributed by atoms with van der Waals surface area (Å²) in [7, 11) is -3.13. The standard InChI is InChI=1S/C17H36N4O2S/c1-6-18-16(20-14-17(3,4)24(5,22)23)19-10-7-11-21-12-8-15(2)9-13-21/h15H,6-14H2,1-5H3,(H2,18,19,20). The maximum absolute atomic E-state index is 11.8. The molecule has 0 atom stereocenters. The van der Waals surface area contributed by atoms with E-state index in [0.717, 1.165) is 32.0 Å². The van der Waals surface area contributed by atoms with E-state index in [-0.39, 0.29) is 6.54 Å². The van der Waals surface area contributed by atoms with Gasteiger partial charge in [-0.05, 0) is 65.6 Å². The van der Waals surface area contributed by atoms with Crippen molar-refractivity contribution >= 4 is 15.8 Å². The average molecular weight is 361 g/mol. The summed E-state index contributed by atoms with van der Waals surface area (Å²) >= 11 is 0. The maximum atomic E-state index is 11.8. The van der Waals surface area contributed by atoms with Gasteiger partial charge in [-0.1, -0.05) is 6.92 Å². The second kappa shape index (κ2) is 9.61. The molecule has 7 heteroatoms. The highest BCUT2D eigenvalue weighted by atomic mass is 32.2. The van der Waals surface area contributed by atoms with Crippen molar-refractivity contribution in [1.29, 1.82) is 0 Å². The molecule has 1 saturated heterocycles. The van der Waals surface area contributed by atoms with Crippen molar-refractivity contribution in [1.82, 2.24) is 15.5 Å². The highest BCUT2D eigenvalue weighted by Gasteiger charge is 2.29. The minimum absolute atomic E-state index is 0.255. The SMILES string of the molecule is CCNC(=NCC(C)(C)S(C)(=O)=O)NCCCN1CCC(C)CC1. The van der Waals surface area contributed by atoms with Gasteiger partial charge in [0.05, 0.1) is 11.3 Å². The van der Waals surface area contributed by atoms with Crippen molar-refractivity contribution < 1.29 is 8.42 Å². The third-order valence-corrected chi connectivity index (χ3v) is 6.92. The fourth-order valence-electron chi connectivity index (χ4n) is 2.52. The lowest BCUT2D eigenvalue weighted by molar-refractivity contribution is 0.191. The Morgan fingerprint density at radius 2 is 1.88 bits per heavy atom. The molecule has 0 radical (unpaired) electrons. The fourth-order valence-corrected chi connectivity index (χ4v) is 2.82. The van der Waals surface area contributed by atoms with Gasteiger partial charge in [0.2, 0.25) is 0 Å². The second-order valence-corrected chi connectivity index (χ2v) is 10.2. The first-order valence-corrected chi connectivity index (χ1v) is 11.0. The van der Waals surface area contributed by atoms with Gasteiger partial charge in [-0.2, -0.15) is 0 Å². The first-order valence-electron chi connectivity index (χ1n) is 9.10.